The number of carbonyl (C=O) groups is 2. The average Bonchev–Trinajstić information content (AvgIpc) is 0.768. The van der Waals surface area contributed by atoms with Crippen LogP contribution in [0.1, 0.15) is 13.8 Å². The number of aliphatic hydroxyl groups is 30. The Morgan fingerprint density at radius 2 is 0.462 bits per heavy atom. The second-order valence-electron chi connectivity index (χ2n) is 29.5. The van der Waals surface area contributed by atoms with Crippen LogP contribution in [0.25, 0.3) is 0 Å². The monoisotopic (exact) mass is 1720 g/mol. The Labute approximate surface area is 660 Å². The molecule has 0 bridgehead atoms. The Kier molecular flexibility index (Phi) is 34.4. The SMILES string of the molecule is CC(=O)N[C@@H]1[C@@H](O)[C@H](O[C@@H]2O[C@H](CO)[C@@H](O[C@@H]3O[C@H](CO[C@H]4O[C@H](CO)[C@@H](O)[C@H](O[C@H]5O[C@H](CO)[C@@H](O)[C@H](O)[C@@H]5O[C@H]5O[C@H](CO)[C@@H](O)[C@H](O)[C@@H]5O)[C@@H]4O)[C@@H](O)[C@H](O[C@H]4O[C@H](CO)[C@@H](O)[C@H](O)[C@@H]4O[C@H]4O[C@H](CO)[C@@H](O)[C@H](O)[C@@H]4O[C@H]4O[C@H](CO)[C@@H](O)[C@H](O[C@H]5O[C@H](CO)[C@@H](O)[C@H](O)[C@H]5O)[C@@H]4O)[C@@H]3O)[C@H](O)[C@H]2NC(C)=O)[C@@H](CO)O[C@H]1O. The molecule has 50 atom stereocenters. The van der Waals surface area contributed by atoms with Crippen LogP contribution in [0.2, 0.25) is 0 Å². The molecule has 32 N–H and O–H groups in total. The van der Waals surface area contributed by atoms with Crippen molar-refractivity contribution >= 4 is 11.8 Å². The highest BCUT2D eigenvalue weighted by molar-refractivity contribution is 5.73. The molecule has 10 heterocycles. The molecule has 117 heavy (non-hydrogen) atoms. The van der Waals surface area contributed by atoms with Crippen molar-refractivity contribution in [3.05, 3.63) is 0 Å². The Balaban J connectivity index is 0.970. The molecule has 680 valence electrons. The molecule has 53 heteroatoms. The van der Waals surface area contributed by atoms with Crippen molar-refractivity contribution < 1.29 is 253 Å². The van der Waals surface area contributed by atoms with Gasteiger partial charge in [0.1, 0.15) is 244 Å². The largest absolute Gasteiger partial charge is 0.394 e. The van der Waals surface area contributed by atoms with Crippen LogP contribution in [0.4, 0.5) is 0 Å². The van der Waals surface area contributed by atoms with E-state index in [-0.39, 0.29) is 0 Å². The maximum Gasteiger partial charge on any atom is 0.217 e. The standard InChI is InChI=1S/C64H108N2O51/c1-13(76)65-25-35(86)47(22(10-74)100-55(25)98)110-56-26(66-14(2)77)36(87)48(23(11-75)108-56)111-61-46(97)51(34(85)24(109-61)12-99-57-44(95)49(32(83)20(8-72)101-57)113-62-52(39(90)29(80)17(5-69)105-62)115-59-43(94)38(89)28(79)16(4-68)103-59)114-63-54(41(92)31(82)18(6-70)106-63)117-64-53(40(91)30(81)19(7-71)107-64)116-60-45(96)50(33(84)21(9-73)104-60)112-58-42(93)37(88)27(78)15(3-67)102-58/h15-64,67-75,78-98H,3-12H2,1-2H3,(H,65,76)(H,66,77)/t15-,16-,17-,18-,19-,20-,21-,22-,23-,24-,25-,26-,27-,28-,29-,30-,31-,32-,33-,34-,35-,36-,37+,38+,39+,40+,41+,42-,43+,44+,45+,46+,47-,48-,49+,50+,51+,52+,53+,54+,55-,56+,57+,58-,59-,60-,61+,62-,63-,64-/m1/s1. The van der Waals surface area contributed by atoms with Gasteiger partial charge in [-0.15, -0.1) is 0 Å². The first-order chi connectivity index (χ1) is 55.5. The van der Waals surface area contributed by atoms with Crippen LogP contribution in [0.15, 0.2) is 0 Å². The number of hydrogen-bond donors (Lipinski definition) is 32. The fraction of sp³-hybridized carbons (Fsp3) is 0.969. The third-order valence-corrected chi connectivity index (χ3v) is 21.7. The third-order valence-electron chi connectivity index (χ3n) is 21.7. The van der Waals surface area contributed by atoms with Crippen molar-refractivity contribution in [1.82, 2.24) is 10.6 Å². The van der Waals surface area contributed by atoms with E-state index in [1.807, 2.05) is 0 Å². The summed E-state index contributed by atoms with van der Waals surface area (Å²) < 4.78 is 111. The lowest BCUT2D eigenvalue weighted by Crippen LogP contribution is -2.70. The molecule has 0 radical (unpaired) electrons. The van der Waals surface area contributed by atoms with Crippen molar-refractivity contribution in [1.29, 1.82) is 0 Å². The van der Waals surface area contributed by atoms with Crippen LogP contribution in [0.3, 0.4) is 0 Å². The minimum atomic E-state index is -2.63. The van der Waals surface area contributed by atoms with E-state index in [0.717, 1.165) is 13.8 Å². The molecule has 10 aliphatic heterocycles. The fourth-order valence-electron chi connectivity index (χ4n) is 15.1. The molecule has 0 aromatic heterocycles. The minimum Gasteiger partial charge on any atom is -0.394 e. The minimum absolute atomic E-state index is 0.801. The van der Waals surface area contributed by atoms with Gasteiger partial charge in [0.2, 0.25) is 11.8 Å². The molecule has 10 fully saturated rings. The van der Waals surface area contributed by atoms with E-state index in [1.54, 1.807) is 0 Å². The smallest absolute Gasteiger partial charge is 0.217 e. The summed E-state index contributed by atoms with van der Waals surface area (Å²) in [6, 6.07) is -3.62. The molecule has 0 aliphatic carbocycles. The lowest BCUT2D eigenvalue weighted by atomic mass is 9.94. The maximum absolute atomic E-state index is 13.0. The molecule has 53 nitrogen and oxygen atoms in total. The number of amides is 2. The third kappa shape index (κ3) is 20.6. The van der Waals surface area contributed by atoms with Crippen LogP contribution in [-0.4, -0.2) is 538 Å². The topological polar surface area (TPSA) is 840 Å². The molecule has 0 spiro atoms. The van der Waals surface area contributed by atoms with E-state index >= 15 is 0 Å². The summed E-state index contributed by atoms with van der Waals surface area (Å²) >= 11 is 0. The van der Waals surface area contributed by atoms with Crippen LogP contribution in [0, 0.1) is 0 Å². The number of aliphatic hydroxyl groups excluding tert-OH is 30. The number of hydrogen-bond acceptors (Lipinski definition) is 51. The molecule has 0 unspecified atom stereocenters. The summed E-state index contributed by atoms with van der Waals surface area (Å²) in [6.07, 6.45) is -104. The van der Waals surface area contributed by atoms with E-state index in [9.17, 15) is 163 Å². The molecule has 10 saturated heterocycles. The summed E-state index contributed by atoms with van der Waals surface area (Å²) in [5, 5.41) is 337. The highest BCUT2D eigenvalue weighted by atomic mass is 16.8. The quantitative estimate of drug-likeness (QED) is 0.0318. The lowest BCUT2D eigenvalue weighted by molar-refractivity contribution is -0.411. The second kappa shape index (κ2) is 41.9. The van der Waals surface area contributed by atoms with Crippen molar-refractivity contribution in [2.24, 2.45) is 0 Å². The van der Waals surface area contributed by atoms with Crippen molar-refractivity contribution in [3.8, 4) is 0 Å². The van der Waals surface area contributed by atoms with Gasteiger partial charge in [-0.05, 0) is 0 Å². The van der Waals surface area contributed by atoms with Gasteiger partial charge >= 0.3 is 0 Å². The molecular weight excluding hydrogens is 1610 g/mol. The molecule has 0 aromatic rings. The first-order valence-corrected chi connectivity index (χ1v) is 37.2. The van der Waals surface area contributed by atoms with Gasteiger partial charge in [-0.1, -0.05) is 0 Å². The van der Waals surface area contributed by atoms with Crippen LogP contribution in [0.5, 0.6) is 0 Å². The van der Waals surface area contributed by atoms with Crippen molar-refractivity contribution in [2.45, 2.75) is 321 Å². The van der Waals surface area contributed by atoms with Gasteiger partial charge in [0.25, 0.3) is 0 Å². The molecule has 2 amide bonds. The van der Waals surface area contributed by atoms with Crippen LogP contribution in [-0.2, 0) is 99.6 Å². The number of carbonyl (C=O) groups excluding carboxylic acids is 2. The predicted octanol–water partition coefficient (Wildman–Crippen LogP) is -22.5. The van der Waals surface area contributed by atoms with E-state index in [0.29, 0.717) is 0 Å². The van der Waals surface area contributed by atoms with Gasteiger partial charge in [0, 0.05) is 13.8 Å². The average molecular weight is 1720 g/mol. The zero-order valence-corrected chi connectivity index (χ0v) is 61.9. The van der Waals surface area contributed by atoms with E-state index in [1.165, 1.54) is 0 Å². The number of ether oxygens (including phenoxy) is 19. The van der Waals surface area contributed by atoms with Gasteiger partial charge in [-0.25, -0.2) is 0 Å². The fourth-order valence-corrected chi connectivity index (χ4v) is 15.1. The highest BCUT2D eigenvalue weighted by Gasteiger charge is 2.62. The normalized spacial score (nSPS) is 51.5. The molecular formula is C64H108N2O51. The number of rotatable bonds is 30. The van der Waals surface area contributed by atoms with Crippen LogP contribution >= 0.6 is 0 Å². The summed E-state index contributed by atoms with van der Waals surface area (Å²) in [5.41, 5.74) is 0. The highest BCUT2D eigenvalue weighted by Crippen LogP contribution is 2.41. The maximum atomic E-state index is 13.0. The molecule has 10 aliphatic rings. The second-order valence-corrected chi connectivity index (χ2v) is 29.5. The molecule has 0 aromatic carbocycles. The molecule has 0 saturated carbocycles. The Morgan fingerprint density at radius 3 is 0.829 bits per heavy atom. The Morgan fingerprint density at radius 1 is 0.222 bits per heavy atom. The van der Waals surface area contributed by atoms with E-state index < -0.39 is 385 Å². The van der Waals surface area contributed by atoms with Crippen molar-refractivity contribution in [3.63, 3.8) is 0 Å². The Hall–Kier alpha value is -3.02. The summed E-state index contributed by atoms with van der Waals surface area (Å²) in [4.78, 5) is 25.2. The van der Waals surface area contributed by atoms with Crippen LogP contribution < -0.4 is 10.6 Å². The Bertz CT molecular complexity index is 3050. The van der Waals surface area contributed by atoms with E-state index in [2.05, 4.69) is 10.6 Å². The molecule has 10 rings (SSSR count). The van der Waals surface area contributed by atoms with Gasteiger partial charge in [-0.3, -0.25) is 9.59 Å². The first kappa shape index (κ1) is 96.2. The summed E-state index contributed by atoms with van der Waals surface area (Å²) in [7, 11) is 0. The van der Waals surface area contributed by atoms with Gasteiger partial charge in [0.15, 0.2) is 62.9 Å². The predicted molar refractivity (Wildman–Crippen MR) is 353 cm³/mol. The van der Waals surface area contributed by atoms with Gasteiger partial charge < -0.3 is 254 Å². The summed E-state index contributed by atoms with van der Waals surface area (Å²) in [5.74, 6) is -1.76. The van der Waals surface area contributed by atoms with Gasteiger partial charge in [0.05, 0.1) is 66.1 Å². The van der Waals surface area contributed by atoms with Gasteiger partial charge in [-0.2, -0.15) is 0 Å². The van der Waals surface area contributed by atoms with E-state index in [4.69, 9.17) is 90.0 Å². The zero-order valence-electron chi connectivity index (χ0n) is 61.9. The summed E-state index contributed by atoms with van der Waals surface area (Å²) in [6.45, 7) is -9.35. The zero-order chi connectivity index (χ0) is 85.9. The lowest BCUT2D eigenvalue weighted by Gasteiger charge is -2.51. The number of nitrogens with one attached hydrogen (secondary N) is 2. The first-order valence-electron chi connectivity index (χ1n) is 37.2. The van der Waals surface area contributed by atoms with Crippen molar-refractivity contribution in [2.75, 3.05) is 66.1 Å².